The number of hydrogen-bond acceptors (Lipinski definition) is 1. The molecule has 1 nitrogen and oxygen atoms in total. The van der Waals surface area contributed by atoms with Gasteiger partial charge in [-0.2, -0.15) is 0 Å². The van der Waals surface area contributed by atoms with Gasteiger partial charge in [-0.3, -0.25) is 0 Å². The summed E-state index contributed by atoms with van der Waals surface area (Å²) in [7, 11) is 0. The van der Waals surface area contributed by atoms with Crippen molar-refractivity contribution in [2.24, 2.45) is 0 Å². The molecule has 0 saturated carbocycles. The smallest absolute Gasteiger partial charge is 0.0349 e. The van der Waals surface area contributed by atoms with Gasteiger partial charge >= 0.3 is 0 Å². The molecular weight excluding hydrogens is 302 g/mol. The summed E-state index contributed by atoms with van der Waals surface area (Å²) >= 11 is 0. The molecule has 3 aliphatic rings. The van der Waals surface area contributed by atoms with Crippen LogP contribution in [0.1, 0.15) is 45.2 Å². The first-order valence-corrected chi connectivity index (χ1v) is 8.82. The normalized spacial score (nSPS) is 19.4. The summed E-state index contributed by atoms with van der Waals surface area (Å²) in [5.74, 6) is 0.674. The summed E-state index contributed by atoms with van der Waals surface area (Å²) in [6.07, 6.45) is 0. The highest BCUT2D eigenvalue weighted by Crippen LogP contribution is 2.56. The highest BCUT2D eigenvalue weighted by molar-refractivity contribution is 5.89. The Kier molecular flexibility index (Phi) is 2.39. The summed E-state index contributed by atoms with van der Waals surface area (Å²) in [6, 6.07) is 28.9. The Hall–Kier alpha value is -3.06. The Bertz CT molecular complexity index is 1120. The average molecular weight is 319 g/mol. The van der Waals surface area contributed by atoms with Crippen LogP contribution >= 0.6 is 0 Å². The first kappa shape index (κ1) is 13.3. The molecule has 7 rings (SSSR count). The van der Waals surface area contributed by atoms with E-state index in [1.165, 1.54) is 44.2 Å². The second-order valence-corrected chi connectivity index (χ2v) is 7.21. The summed E-state index contributed by atoms with van der Waals surface area (Å²) in [5.41, 5.74) is 15.6. The minimum atomic E-state index is 0.332. The van der Waals surface area contributed by atoms with Crippen molar-refractivity contribution >= 4 is 16.5 Å². The van der Waals surface area contributed by atoms with E-state index < -0.39 is 0 Å². The molecule has 0 atom stereocenters. The Balaban J connectivity index is 1.74. The molecule has 0 aromatic heterocycles. The fraction of sp³-hybridized carbons (Fsp3) is 0.0833. The van der Waals surface area contributed by atoms with Crippen LogP contribution in [0, 0.1) is 0 Å². The molecule has 0 saturated heterocycles. The predicted molar refractivity (Wildman–Crippen MR) is 103 cm³/mol. The van der Waals surface area contributed by atoms with E-state index in [0.29, 0.717) is 11.8 Å². The zero-order valence-electron chi connectivity index (χ0n) is 13.7. The molecule has 0 radical (unpaired) electrons. The number of anilines is 1. The van der Waals surface area contributed by atoms with Crippen molar-refractivity contribution in [3.63, 3.8) is 0 Å². The quantitative estimate of drug-likeness (QED) is 0.372. The Morgan fingerprint density at radius 1 is 0.480 bits per heavy atom. The second kappa shape index (κ2) is 4.52. The summed E-state index contributed by atoms with van der Waals surface area (Å²) in [4.78, 5) is 0. The molecule has 4 aromatic rings. The highest BCUT2D eigenvalue weighted by atomic mass is 14.5. The van der Waals surface area contributed by atoms with E-state index in [9.17, 15) is 0 Å². The maximum absolute atomic E-state index is 6.03. The van der Waals surface area contributed by atoms with Crippen LogP contribution < -0.4 is 5.73 Å². The predicted octanol–water partition coefficient (Wildman–Crippen LogP) is 5.41. The maximum atomic E-state index is 6.03. The maximum Gasteiger partial charge on any atom is 0.0349 e. The third kappa shape index (κ3) is 1.63. The number of benzene rings is 4. The number of nitrogens with two attached hydrogens (primary N) is 1. The van der Waals surface area contributed by atoms with Gasteiger partial charge in [-0.25, -0.2) is 0 Å². The SMILES string of the molecule is Nc1ccc2cc3c(cc2c1)C1c2ccccc2C3c2ccccc21. The van der Waals surface area contributed by atoms with Crippen LogP contribution in [0.15, 0.2) is 78.9 Å². The van der Waals surface area contributed by atoms with Gasteiger partial charge in [0.15, 0.2) is 0 Å². The van der Waals surface area contributed by atoms with Gasteiger partial charge < -0.3 is 5.73 Å². The van der Waals surface area contributed by atoms with Crippen molar-refractivity contribution in [1.29, 1.82) is 0 Å². The first-order valence-electron chi connectivity index (χ1n) is 8.82. The zero-order chi connectivity index (χ0) is 16.5. The largest absolute Gasteiger partial charge is 0.399 e. The summed E-state index contributed by atoms with van der Waals surface area (Å²) in [5, 5.41) is 2.51. The van der Waals surface area contributed by atoms with Gasteiger partial charge in [0.2, 0.25) is 0 Å². The third-order valence-electron chi connectivity index (χ3n) is 5.92. The molecule has 2 bridgehead atoms. The molecule has 0 unspecified atom stereocenters. The van der Waals surface area contributed by atoms with Crippen molar-refractivity contribution in [3.8, 4) is 0 Å². The minimum absolute atomic E-state index is 0.332. The van der Waals surface area contributed by atoms with E-state index in [4.69, 9.17) is 5.73 Å². The standard InChI is InChI=1S/C24H17N/c25-16-10-9-14-12-21-22(13-15(14)11-16)24-19-7-3-1-5-17(19)23(21)18-6-2-4-8-20(18)24/h1-13,23-24H,25H2. The van der Waals surface area contributed by atoms with Crippen LogP contribution in [-0.4, -0.2) is 0 Å². The Labute approximate surface area is 146 Å². The lowest BCUT2D eigenvalue weighted by Crippen LogP contribution is -2.27. The van der Waals surface area contributed by atoms with Gasteiger partial charge in [0.1, 0.15) is 0 Å². The number of fused-ring (bicyclic) bond motifs is 1. The van der Waals surface area contributed by atoms with Gasteiger partial charge in [0.05, 0.1) is 0 Å². The molecule has 0 amide bonds. The first-order chi connectivity index (χ1) is 12.3. The van der Waals surface area contributed by atoms with Crippen LogP contribution in [0.5, 0.6) is 0 Å². The van der Waals surface area contributed by atoms with E-state index >= 15 is 0 Å². The fourth-order valence-electron chi connectivity index (χ4n) is 4.93. The molecule has 0 spiro atoms. The van der Waals surface area contributed by atoms with Gasteiger partial charge in [-0.05, 0) is 68.4 Å². The molecule has 25 heavy (non-hydrogen) atoms. The van der Waals surface area contributed by atoms with Crippen LogP contribution in [0.2, 0.25) is 0 Å². The lowest BCUT2D eigenvalue weighted by atomic mass is 9.61. The van der Waals surface area contributed by atoms with E-state index in [1.54, 1.807) is 0 Å². The molecule has 0 fully saturated rings. The van der Waals surface area contributed by atoms with E-state index in [2.05, 4.69) is 72.8 Å². The molecule has 4 aromatic carbocycles. The van der Waals surface area contributed by atoms with Gasteiger partial charge in [0, 0.05) is 17.5 Å². The van der Waals surface area contributed by atoms with E-state index in [-0.39, 0.29) is 0 Å². The van der Waals surface area contributed by atoms with Gasteiger partial charge in [-0.1, -0.05) is 54.6 Å². The molecule has 3 aliphatic carbocycles. The Morgan fingerprint density at radius 2 is 0.960 bits per heavy atom. The van der Waals surface area contributed by atoms with E-state index in [1.807, 2.05) is 6.07 Å². The van der Waals surface area contributed by atoms with Crippen molar-refractivity contribution in [1.82, 2.24) is 0 Å². The molecular formula is C24H17N. The van der Waals surface area contributed by atoms with Gasteiger partial charge in [0.25, 0.3) is 0 Å². The van der Waals surface area contributed by atoms with Crippen LogP contribution in [0.25, 0.3) is 10.8 Å². The van der Waals surface area contributed by atoms with Crippen LogP contribution in [-0.2, 0) is 0 Å². The Morgan fingerprint density at radius 3 is 1.48 bits per heavy atom. The topological polar surface area (TPSA) is 26.0 Å². The zero-order valence-corrected chi connectivity index (χ0v) is 13.7. The van der Waals surface area contributed by atoms with Crippen molar-refractivity contribution in [3.05, 3.63) is 112 Å². The number of nitrogen functional groups attached to an aromatic ring is 1. The lowest BCUT2D eigenvalue weighted by molar-refractivity contribution is 0.756. The average Bonchev–Trinajstić information content (AvgIpc) is 2.66. The third-order valence-corrected chi connectivity index (χ3v) is 5.92. The van der Waals surface area contributed by atoms with Crippen molar-refractivity contribution < 1.29 is 0 Å². The minimum Gasteiger partial charge on any atom is -0.399 e. The second-order valence-electron chi connectivity index (χ2n) is 7.21. The molecule has 1 heteroatoms. The molecule has 0 heterocycles. The van der Waals surface area contributed by atoms with Crippen molar-refractivity contribution in [2.75, 3.05) is 5.73 Å². The number of hydrogen-bond donors (Lipinski definition) is 1. The lowest BCUT2D eigenvalue weighted by Gasteiger charge is -2.42. The van der Waals surface area contributed by atoms with Crippen LogP contribution in [0.3, 0.4) is 0 Å². The monoisotopic (exact) mass is 319 g/mol. The number of rotatable bonds is 0. The van der Waals surface area contributed by atoms with Crippen molar-refractivity contribution in [2.45, 2.75) is 11.8 Å². The molecule has 0 aliphatic heterocycles. The highest BCUT2D eigenvalue weighted by Gasteiger charge is 2.40. The van der Waals surface area contributed by atoms with Crippen LogP contribution in [0.4, 0.5) is 5.69 Å². The summed E-state index contributed by atoms with van der Waals surface area (Å²) < 4.78 is 0. The molecule has 2 N–H and O–H groups in total. The summed E-state index contributed by atoms with van der Waals surface area (Å²) in [6.45, 7) is 0. The van der Waals surface area contributed by atoms with Gasteiger partial charge in [-0.15, -0.1) is 0 Å². The molecule has 118 valence electrons. The fourth-order valence-corrected chi connectivity index (χ4v) is 4.93. The van der Waals surface area contributed by atoms with E-state index in [0.717, 1.165) is 5.69 Å².